The summed E-state index contributed by atoms with van der Waals surface area (Å²) in [5, 5.41) is 3.56. The van der Waals surface area contributed by atoms with Crippen LogP contribution in [-0.4, -0.2) is 29.1 Å². The molecule has 0 aromatic rings. The normalized spacial score (nSPS) is 44.8. The predicted molar refractivity (Wildman–Crippen MR) is 85.8 cm³/mol. The van der Waals surface area contributed by atoms with Gasteiger partial charge in [0.05, 0.1) is 12.2 Å². The first-order valence-corrected chi connectivity index (χ1v) is 8.89. The fourth-order valence-corrected chi connectivity index (χ4v) is 5.75. The molecule has 1 amide bonds. The average molecular weight is 292 g/mol. The molecule has 1 aliphatic heterocycles. The van der Waals surface area contributed by atoms with Gasteiger partial charge in [0.1, 0.15) is 0 Å². The molecule has 1 saturated heterocycles. The van der Waals surface area contributed by atoms with Crippen molar-refractivity contribution in [3.63, 3.8) is 0 Å². The molecule has 3 aliphatic rings. The summed E-state index contributed by atoms with van der Waals surface area (Å²) in [5.74, 6) is 1.16. The van der Waals surface area contributed by atoms with E-state index in [0.717, 1.165) is 25.2 Å². The van der Waals surface area contributed by atoms with Crippen molar-refractivity contribution < 1.29 is 4.79 Å². The molecule has 3 heteroatoms. The summed E-state index contributed by atoms with van der Waals surface area (Å²) in [5.41, 5.74) is 0.595. The molecule has 5 atom stereocenters. The number of amides is 1. The fourth-order valence-electron chi connectivity index (χ4n) is 5.75. The number of carbonyl (C=O) groups excluding carboxylic acids is 1. The van der Waals surface area contributed by atoms with E-state index in [0.29, 0.717) is 17.4 Å². The fraction of sp³-hybridized carbons (Fsp3) is 0.944. The molecule has 2 aliphatic carbocycles. The highest BCUT2D eigenvalue weighted by atomic mass is 16.2. The van der Waals surface area contributed by atoms with Gasteiger partial charge in [-0.05, 0) is 49.4 Å². The largest absolute Gasteiger partial charge is 0.322 e. The first-order valence-electron chi connectivity index (χ1n) is 8.89. The lowest BCUT2D eigenvalue weighted by Gasteiger charge is -2.48. The minimum absolute atomic E-state index is 0.0541. The van der Waals surface area contributed by atoms with E-state index >= 15 is 0 Å². The maximum atomic E-state index is 13.0. The van der Waals surface area contributed by atoms with E-state index in [1.807, 2.05) is 0 Å². The average Bonchev–Trinajstić information content (AvgIpc) is 2.98. The molecule has 0 radical (unpaired) electrons. The molecule has 2 bridgehead atoms. The molecular formula is C18H32N2O. The summed E-state index contributed by atoms with van der Waals surface area (Å²) >= 11 is 0. The van der Waals surface area contributed by atoms with Crippen LogP contribution in [0.25, 0.3) is 0 Å². The molecule has 3 nitrogen and oxygen atoms in total. The highest BCUT2D eigenvalue weighted by Crippen LogP contribution is 2.64. The quantitative estimate of drug-likeness (QED) is 0.859. The Kier molecular flexibility index (Phi) is 3.63. The lowest BCUT2D eigenvalue weighted by Crippen LogP contribution is -2.56. The Bertz CT molecular complexity index is 428. The maximum absolute atomic E-state index is 13.0. The Hall–Kier alpha value is -0.570. The van der Waals surface area contributed by atoms with Crippen molar-refractivity contribution in [1.82, 2.24) is 10.2 Å². The number of rotatable bonds is 4. The van der Waals surface area contributed by atoms with Gasteiger partial charge in [-0.15, -0.1) is 0 Å². The first kappa shape index (κ1) is 15.3. The van der Waals surface area contributed by atoms with Crippen molar-refractivity contribution in [3.8, 4) is 0 Å². The van der Waals surface area contributed by atoms with Crippen LogP contribution in [-0.2, 0) is 4.79 Å². The molecule has 0 aromatic heterocycles. The molecule has 1 heterocycles. The van der Waals surface area contributed by atoms with Gasteiger partial charge in [0.25, 0.3) is 0 Å². The second-order valence-corrected chi connectivity index (χ2v) is 8.60. The molecule has 0 aromatic carbocycles. The zero-order valence-electron chi connectivity index (χ0n) is 14.4. The Morgan fingerprint density at radius 1 is 1.33 bits per heavy atom. The van der Waals surface area contributed by atoms with E-state index < -0.39 is 0 Å². The second-order valence-electron chi connectivity index (χ2n) is 8.60. The Morgan fingerprint density at radius 2 is 2.05 bits per heavy atom. The summed E-state index contributed by atoms with van der Waals surface area (Å²) < 4.78 is 0. The van der Waals surface area contributed by atoms with Gasteiger partial charge >= 0.3 is 0 Å². The third-order valence-electron chi connectivity index (χ3n) is 6.73. The van der Waals surface area contributed by atoms with Gasteiger partial charge in [-0.1, -0.05) is 40.5 Å². The first-order chi connectivity index (χ1) is 9.81. The van der Waals surface area contributed by atoms with Gasteiger partial charge in [-0.3, -0.25) is 10.1 Å². The van der Waals surface area contributed by atoms with Crippen molar-refractivity contribution in [2.75, 3.05) is 0 Å². The van der Waals surface area contributed by atoms with Crippen molar-refractivity contribution >= 4 is 5.91 Å². The molecular weight excluding hydrogens is 260 g/mol. The number of hydrogen-bond acceptors (Lipinski definition) is 2. The van der Waals surface area contributed by atoms with E-state index in [9.17, 15) is 4.79 Å². The maximum Gasteiger partial charge on any atom is 0.241 e. The summed E-state index contributed by atoms with van der Waals surface area (Å²) in [6, 6.07) is 0.462. The molecule has 0 spiro atoms. The number of nitrogens with one attached hydrogen (secondary N) is 1. The molecule has 1 N–H and O–H groups in total. The minimum Gasteiger partial charge on any atom is -0.322 e. The van der Waals surface area contributed by atoms with Crippen LogP contribution in [0.1, 0.15) is 73.1 Å². The number of fused-ring (bicyclic) bond motifs is 2. The van der Waals surface area contributed by atoms with Gasteiger partial charge in [-0.2, -0.15) is 0 Å². The van der Waals surface area contributed by atoms with Crippen LogP contribution in [0.2, 0.25) is 0 Å². The zero-order valence-corrected chi connectivity index (χ0v) is 14.4. The van der Waals surface area contributed by atoms with E-state index in [1.165, 1.54) is 19.3 Å². The van der Waals surface area contributed by atoms with E-state index in [2.05, 4.69) is 44.8 Å². The van der Waals surface area contributed by atoms with Crippen LogP contribution < -0.4 is 5.32 Å². The van der Waals surface area contributed by atoms with Crippen LogP contribution in [0.4, 0.5) is 0 Å². The molecule has 21 heavy (non-hydrogen) atoms. The molecule has 5 unspecified atom stereocenters. The van der Waals surface area contributed by atoms with Crippen LogP contribution in [0.5, 0.6) is 0 Å². The van der Waals surface area contributed by atoms with Crippen molar-refractivity contribution in [2.24, 2.45) is 16.7 Å². The molecule has 3 rings (SSSR count). The third kappa shape index (κ3) is 2.15. The third-order valence-corrected chi connectivity index (χ3v) is 6.73. The van der Waals surface area contributed by atoms with Gasteiger partial charge < -0.3 is 4.90 Å². The Balaban J connectivity index is 1.84. The Labute approximate surface area is 129 Å². The van der Waals surface area contributed by atoms with Crippen molar-refractivity contribution in [2.45, 2.75) is 91.4 Å². The molecule has 120 valence electrons. The number of unbranched alkanes of at least 4 members (excludes halogenated alkanes) is 1. The molecule has 3 fully saturated rings. The minimum atomic E-state index is 0.0541. The number of carbonyl (C=O) groups is 1. The monoisotopic (exact) mass is 292 g/mol. The van der Waals surface area contributed by atoms with E-state index in [-0.39, 0.29) is 17.6 Å². The van der Waals surface area contributed by atoms with Gasteiger partial charge in [-0.25, -0.2) is 0 Å². The van der Waals surface area contributed by atoms with Crippen LogP contribution >= 0.6 is 0 Å². The SMILES string of the molecule is CCCCC1NC(C)N(C2C3(C)CCC(C3)C2(C)C)C1=O. The van der Waals surface area contributed by atoms with Crippen molar-refractivity contribution in [1.29, 1.82) is 0 Å². The van der Waals surface area contributed by atoms with E-state index in [4.69, 9.17) is 0 Å². The summed E-state index contributed by atoms with van der Waals surface area (Å²) in [6.45, 7) is 11.6. The van der Waals surface area contributed by atoms with Crippen LogP contribution in [0.3, 0.4) is 0 Å². The lowest BCUT2D eigenvalue weighted by molar-refractivity contribution is -0.138. The van der Waals surface area contributed by atoms with Crippen LogP contribution in [0.15, 0.2) is 0 Å². The van der Waals surface area contributed by atoms with Crippen molar-refractivity contribution in [3.05, 3.63) is 0 Å². The highest BCUT2D eigenvalue weighted by Gasteiger charge is 2.63. The summed E-state index contributed by atoms with van der Waals surface area (Å²) in [7, 11) is 0. The smallest absolute Gasteiger partial charge is 0.241 e. The highest BCUT2D eigenvalue weighted by molar-refractivity contribution is 5.84. The standard InChI is InChI=1S/C18H32N2O/c1-6-7-8-14-15(21)20(12(2)19-14)16-17(3,4)13-9-10-18(16,5)11-13/h12-14,16,19H,6-11H2,1-5H3. The number of nitrogens with zero attached hydrogens (tertiary/aromatic N) is 1. The summed E-state index contributed by atoms with van der Waals surface area (Å²) in [6.07, 6.45) is 7.43. The lowest BCUT2D eigenvalue weighted by atomic mass is 9.67. The Morgan fingerprint density at radius 3 is 2.62 bits per heavy atom. The molecule has 2 saturated carbocycles. The van der Waals surface area contributed by atoms with Gasteiger partial charge in [0.2, 0.25) is 5.91 Å². The van der Waals surface area contributed by atoms with E-state index in [1.54, 1.807) is 0 Å². The van der Waals surface area contributed by atoms with Gasteiger partial charge in [0, 0.05) is 6.04 Å². The topological polar surface area (TPSA) is 32.3 Å². The second kappa shape index (κ2) is 4.97. The van der Waals surface area contributed by atoms with Crippen LogP contribution in [0, 0.1) is 16.7 Å². The number of hydrogen-bond donors (Lipinski definition) is 1. The zero-order chi connectivity index (χ0) is 15.4. The van der Waals surface area contributed by atoms with Gasteiger partial charge in [0.15, 0.2) is 0 Å². The summed E-state index contributed by atoms with van der Waals surface area (Å²) in [4.78, 5) is 15.2. The predicted octanol–water partition coefficient (Wildman–Crippen LogP) is 3.54.